The molecule has 1 saturated heterocycles. The molecule has 5 N–H and O–H groups in total. The van der Waals surface area contributed by atoms with E-state index in [-0.39, 0.29) is 23.4 Å². The molecule has 1 unspecified atom stereocenters. The third-order valence-electron chi connectivity index (χ3n) is 6.80. The standard InChI is InChI=1S/C27H34N4O11/c1-3-4-5-10-19(33)42-30-18-11-12-31(27(37)29-18)23-22-21(17(39-23)13-38-26(36)20(28)14(2)32)40-24(34)15-8-6-7-9-16(15)25(35)41-22/h6-9,11-12,14,17,20-24,32,34H,3-5,10,13,28H2,1-2H3,(H,29,30,37)/t14-,17+,20-,21+,22+,23+,24?/m0/s1. The Labute approximate surface area is 240 Å². The summed E-state index contributed by atoms with van der Waals surface area (Å²) in [4.78, 5) is 59.1. The molecule has 228 valence electrons. The number of rotatable bonds is 11. The predicted molar refractivity (Wildman–Crippen MR) is 142 cm³/mol. The van der Waals surface area contributed by atoms with Gasteiger partial charge in [-0.3, -0.25) is 9.36 Å². The minimum atomic E-state index is -1.59. The highest BCUT2D eigenvalue weighted by Gasteiger charge is 2.52. The Bertz CT molecular complexity index is 1330. The van der Waals surface area contributed by atoms with Gasteiger partial charge in [-0.05, 0) is 19.4 Å². The second-order valence-electron chi connectivity index (χ2n) is 9.91. The number of nitrogens with two attached hydrogens (primary N) is 1. The summed E-state index contributed by atoms with van der Waals surface area (Å²) in [5, 5.41) is 20.4. The first-order valence-corrected chi connectivity index (χ1v) is 13.5. The van der Waals surface area contributed by atoms with E-state index in [1.807, 2.05) is 6.92 Å². The number of unbranched alkanes of at least 4 members (excludes halogenated alkanes) is 2. The summed E-state index contributed by atoms with van der Waals surface area (Å²) in [6.45, 7) is 2.85. The number of aliphatic hydroxyl groups excluding tert-OH is 2. The zero-order valence-electron chi connectivity index (χ0n) is 23.1. The molecule has 3 heterocycles. The molecule has 2 aromatic rings. The van der Waals surface area contributed by atoms with Crippen molar-refractivity contribution in [2.24, 2.45) is 5.73 Å². The summed E-state index contributed by atoms with van der Waals surface area (Å²) < 4.78 is 23.8. The highest BCUT2D eigenvalue weighted by molar-refractivity contribution is 5.91. The molecule has 2 aliphatic rings. The van der Waals surface area contributed by atoms with Crippen molar-refractivity contribution in [3.05, 3.63) is 58.1 Å². The first kappa shape index (κ1) is 31.1. The molecule has 1 aromatic carbocycles. The van der Waals surface area contributed by atoms with Crippen molar-refractivity contribution in [3.8, 4) is 0 Å². The van der Waals surface area contributed by atoms with Gasteiger partial charge in [0.1, 0.15) is 24.9 Å². The van der Waals surface area contributed by atoms with Crippen LogP contribution in [0, 0.1) is 0 Å². The van der Waals surface area contributed by atoms with E-state index in [1.54, 1.807) is 12.1 Å². The van der Waals surface area contributed by atoms with E-state index in [0.29, 0.717) is 6.42 Å². The van der Waals surface area contributed by atoms with Crippen molar-refractivity contribution in [1.29, 1.82) is 0 Å². The summed E-state index contributed by atoms with van der Waals surface area (Å²) >= 11 is 0. The van der Waals surface area contributed by atoms with Gasteiger partial charge in [-0.1, -0.05) is 38.0 Å². The predicted octanol–water partition coefficient (Wildman–Crippen LogP) is 0.458. The lowest BCUT2D eigenvalue weighted by Crippen LogP contribution is -2.45. The molecule has 2 aliphatic heterocycles. The molecule has 0 radical (unpaired) electrons. The summed E-state index contributed by atoms with van der Waals surface area (Å²) in [5.74, 6) is -2.30. The van der Waals surface area contributed by atoms with Crippen LogP contribution in [0.4, 0.5) is 5.82 Å². The van der Waals surface area contributed by atoms with E-state index >= 15 is 0 Å². The zero-order chi connectivity index (χ0) is 30.4. The molecule has 0 aliphatic carbocycles. The number of anilines is 1. The first-order chi connectivity index (χ1) is 20.1. The van der Waals surface area contributed by atoms with E-state index in [2.05, 4.69) is 10.5 Å². The minimum absolute atomic E-state index is 0.0470. The Morgan fingerprint density at radius 3 is 2.64 bits per heavy atom. The van der Waals surface area contributed by atoms with Crippen LogP contribution in [-0.2, 0) is 33.4 Å². The maximum Gasteiger partial charge on any atom is 0.351 e. The van der Waals surface area contributed by atoms with Crippen molar-refractivity contribution in [3.63, 3.8) is 0 Å². The smallest absolute Gasteiger partial charge is 0.351 e. The van der Waals surface area contributed by atoms with Crippen molar-refractivity contribution >= 4 is 23.7 Å². The van der Waals surface area contributed by atoms with Crippen molar-refractivity contribution < 1.29 is 48.4 Å². The third kappa shape index (κ3) is 7.11. The Balaban J connectivity index is 1.57. The molecule has 4 rings (SSSR count). The molecule has 0 amide bonds. The molecule has 0 bridgehead atoms. The molecular weight excluding hydrogens is 556 g/mol. The lowest BCUT2D eigenvalue weighted by atomic mass is 10.0. The topological polar surface area (TPSA) is 211 Å². The maximum atomic E-state index is 13.1. The molecule has 7 atom stereocenters. The van der Waals surface area contributed by atoms with Gasteiger partial charge in [0.25, 0.3) is 0 Å². The number of benzene rings is 1. The van der Waals surface area contributed by atoms with Gasteiger partial charge in [-0.25, -0.2) is 19.9 Å². The van der Waals surface area contributed by atoms with Gasteiger partial charge in [-0.2, -0.15) is 4.98 Å². The van der Waals surface area contributed by atoms with E-state index in [1.165, 1.54) is 31.3 Å². The van der Waals surface area contributed by atoms with E-state index < -0.39 is 73.2 Å². The van der Waals surface area contributed by atoms with Crippen molar-refractivity contribution in [2.75, 3.05) is 12.1 Å². The summed E-state index contributed by atoms with van der Waals surface area (Å²) in [5.41, 5.74) is 7.32. The number of ether oxygens (including phenoxy) is 4. The number of hydrogen-bond acceptors (Lipinski definition) is 14. The van der Waals surface area contributed by atoms with Gasteiger partial charge in [0.15, 0.2) is 24.4 Å². The Morgan fingerprint density at radius 1 is 1.17 bits per heavy atom. The number of hydrogen-bond donors (Lipinski definition) is 4. The number of nitrogens with zero attached hydrogens (tertiary/aromatic N) is 2. The van der Waals surface area contributed by atoms with Crippen LogP contribution in [-0.4, -0.2) is 74.7 Å². The average Bonchev–Trinajstić information content (AvgIpc) is 3.29. The summed E-state index contributed by atoms with van der Waals surface area (Å²) in [6, 6.07) is 6.12. The van der Waals surface area contributed by atoms with Crippen LogP contribution in [0.25, 0.3) is 0 Å². The summed E-state index contributed by atoms with van der Waals surface area (Å²) in [6.07, 6.45) is -3.81. The highest BCUT2D eigenvalue weighted by Crippen LogP contribution is 2.38. The van der Waals surface area contributed by atoms with Crippen LogP contribution in [0.2, 0.25) is 0 Å². The zero-order valence-corrected chi connectivity index (χ0v) is 23.1. The molecule has 15 nitrogen and oxygen atoms in total. The SMILES string of the molecule is CCCCCC(=O)ONc1ccn([C@@H]2O[C@H](COC(=O)[C@@H](N)[C@H](C)O)[C@H]3OC(O)c4ccccc4C(=O)O[C@H]32)c(=O)n1. The van der Waals surface area contributed by atoms with Crippen LogP contribution in [0.1, 0.15) is 68.0 Å². The fourth-order valence-corrected chi connectivity index (χ4v) is 4.46. The Morgan fingerprint density at radius 2 is 1.93 bits per heavy atom. The largest absolute Gasteiger partial charge is 0.462 e. The number of aromatic nitrogens is 2. The third-order valence-corrected chi connectivity index (χ3v) is 6.80. The fraction of sp³-hybridized carbons (Fsp3) is 0.519. The molecule has 42 heavy (non-hydrogen) atoms. The van der Waals surface area contributed by atoms with Gasteiger partial charge in [0.2, 0.25) is 0 Å². The maximum absolute atomic E-state index is 13.1. The van der Waals surface area contributed by atoms with Crippen LogP contribution in [0.3, 0.4) is 0 Å². The number of nitrogens with one attached hydrogen (secondary N) is 1. The molecule has 0 saturated carbocycles. The van der Waals surface area contributed by atoms with Gasteiger partial charge in [0, 0.05) is 24.2 Å². The van der Waals surface area contributed by atoms with Gasteiger partial charge in [0.05, 0.1) is 11.7 Å². The van der Waals surface area contributed by atoms with Crippen molar-refractivity contribution in [1.82, 2.24) is 9.55 Å². The number of fused-ring (bicyclic) bond motifs is 2. The first-order valence-electron chi connectivity index (χ1n) is 13.5. The molecule has 15 heteroatoms. The second kappa shape index (κ2) is 13.8. The number of carbonyl (C=O) groups is 3. The van der Waals surface area contributed by atoms with Gasteiger partial charge < -0.3 is 39.7 Å². The second-order valence-corrected chi connectivity index (χ2v) is 9.91. The summed E-state index contributed by atoms with van der Waals surface area (Å²) in [7, 11) is 0. The molecule has 1 fully saturated rings. The highest BCUT2D eigenvalue weighted by atomic mass is 16.7. The number of aliphatic hydroxyl groups is 2. The van der Waals surface area contributed by atoms with E-state index in [4.69, 9.17) is 29.5 Å². The Hall–Kier alpha value is -3.89. The lowest BCUT2D eigenvalue weighted by Gasteiger charge is -2.30. The quantitative estimate of drug-likeness (QED) is 0.121. The van der Waals surface area contributed by atoms with E-state index in [9.17, 15) is 29.4 Å². The minimum Gasteiger partial charge on any atom is -0.462 e. The normalized spacial score (nSPS) is 24.7. The molecule has 1 aromatic heterocycles. The van der Waals surface area contributed by atoms with Gasteiger partial charge in [-0.15, -0.1) is 0 Å². The molecule has 0 spiro atoms. The van der Waals surface area contributed by atoms with Crippen molar-refractivity contribution in [2.45, 2.75) is 82.5 Å². The Kier molecular flexibility index (Phi) is 10.2. The fourth-order valence-electron chi connectivity index (χ4n) is 4.46. The van der Waals surface area contributed by atoms with Crippen LogP contribution < -0.4 is 16.9 Å². The number of carbonyl (C=O) groups excluding carboxylic acids is 3. The lowest BCUT2D eigenvalue weighted by molar-refractivity contribution is -0.183. The van der Waals surface area contributed by atoms with Crippen LogP contribution >= 0.6 is 0 Å². The van der Waals surface area contributed by atoms with E-state index in [0.717, 1.165) is 17.4 Å². The van der Waals surface area contributed by atoms with Crippen LogP contribution in [0.5, 0.6) is 0 Å². The van der Waals surface area contributed by atoms with Gasteiger partial charge >= 0.3 is 23.6 Å². The average molecular weight is 591 g/mol. The molecular formula is C27H34N4O11. The van der Waals surface area contributed by atoms with Crippen LogP contribution in [0.15, 0.2) is 41.3 Å². The number of esters is 2. The monoisotopic (exact) mass is 590 g/mol.